The van der Waals surface area contributed by atoms with Crippen molar-refractivity contribution in [1.82, 2.24) is 14.9 Å². The van der Waals surface area contributed by atoms with Gasteiger partial charge in [-0.2, -0.15) is 0 Å². The smallest absolute Gasteiger partial charge is 0.312 e. The highest BCUT2D eigenvalue weighted by Crippen LogP contribution is 2.32. The standard InChI is InChI=1S/C12H17N3O2/c16-12(17)8-3-2-6-15-10(8)7-14-11(15)9-4-1-5-13-9/h7-9,13H,1-6H2,(H,16,17). The lowest BCUT2D eigenvalue weighted by Crippen LogP contribution is -2.25. The molecule has 5 nitrogen and oxygen atoms in total. The molecule has 2 aliphatic rings. The molecular formula is C12H17N3O2. The predicted octanol–water partition coefficient (Wildman–Crippen LogP) is 1.27. The summed E-state index contributed by atoms with van der Waals surface area (Å²) in [7, 11) is 0. The van der Waals surface area contributed by atoms with E-state index in [-0.39, 0.29) is 5.92 Å². The summed E-state index contributed by atoms with van der Waals surface area (Å²) in [5, 5.41) is 12.6. The van der Waals surface area contributed by atoms with Crippen LogP contribution in [0.3, 0.4) is 0 Å². The van der Waals surface area contributed by atoms with Crippen LogP contribution in [0, 0.1) is 0 Å². The first kappa shape index (κ1) is 10.8. The van der Waals surface area contributed by atoms with Crippen LogP contribution in [0.5, 0.6) is 0 Å². The fourth-order valence-electron chi connectivity index (χ4n) is 2.96. The second-order valence-corrected chi connectivity index (χ2v) is 4.87. The van der Waals surface area contributed by atoms with Gasteiger partial charge in [0, 0.05) is 12.7 Å². The van der Waals surface area contributed by atoms with Crippen LogP contribution in [-0.4, -0.2) is 27.2 Å². The second kappa shape index (κ2) is 4.14. The van der Waals surface area contributed by atoms with Gasteiger partial charge < -0.3 is 15.0 Å². The molecule has 1 aromatic heterocycles. The lowest BCUT2D eigenvalue weighted by Gasteiger charge is -2.23. The summed E-state index contributed by atoms with van der Waals surface area (Å²) < 4.78 is 2.12. The summed E-state index contributed by atoms with van der Waals surface area (Å²) in [4.78, 5) is 15.6. The minimum atomic E-state index is -0.725. The molecule has 92 valence electrons. The largest absolute Gasteiger partial charge is 0.481 e. The Labute approximate surface area is 99.8 Å². The first-order valence-electron chi connectivity index (χ1n) is 6.29. The number of carbonyl (C=O) groups is 1. The van der Waals surface area contributed by atoms with E-state index in [4.69, 9.17) is 0 Å². The molecule has 5 heteroatoms. The van der Waals surface area contributed by atoms with E-state index < -0.39 is 5.97 Å². The molecule has 2 unspecified atom stereocenters. The second-order valence-electron chi connectivity index (χ2n) is 4.87. The molecule has 1 fully saturated rings. The summed E-state index contributed by atoms with van der Waals surface area (Å²) in [6, 6.07) is 0.316. The quantitative estimate of drug-likeness (QED) is 0.810. The van der Waals surface area contributed by atoms with E-state index in [9.17, 15) is 9.90 Å². The number of imidazole rings is 1. The van der Waals surface area contributed by atoms with Gasteiger partial charge in [0.1, 0.15) is 5.82 Å². The van der Waals surface area contributed by atoms with Gasteiger partial charge in [-0.15, -0.1) is 0 Å². The van der Waals surface area contributed by atoms with Gasteiger partial charge in [0.25, 0.3) is 0 Å². The molecule has 2 N–H and O–H groups in total. The Balaban J connectivity index is 1.95. The maximum Gasteiger partial charge on any atom is 0.312 e. The topological polar surface area (TPSA) is 67.1 Å². The Kier molecular flexibility index (Phi) is 2.63. The van der Waals surface area contributed by atoms with E-state index in [0.29, 0.717) is 6.04 Å². The van der Waals surface area contributed by atoms with Crippen molar-refractivity contribution in [2.45, 2.75) is 44.2 Å². The third-order valence-corrected chi connectivity index (χ3v) is 3.82. The Hall–Kier alpha value is -1.36. The van der Waals surface area contributed by atoms with Crippen LogP contribution in [0.1, 0.15) is 49.2 Å². The molecule has 1 saturated heterocycles. The molecule has 0 saturated carbocycles. The molecule has 0 spiro atoms. The Morgan fingerprint density at radius 3 is 3.06 bits per heavy atom. The molecular weight excluding hydrogens is 218 g/mol. The molecule has 0 aliphatic carbocycles. The lowest BCUT2D eigenvalue weighted by atomic mass is 9.96. The molecule has 17 heavy (non-hydrogen) atoms. The van der Waals surface area contributed by atoms with Crippen molar-refractivity contribution < 1.29 is 9.90 Å². The zero-order chi connectivity index (χ0) is 11.8. The number of hydrogen-bond acceptors (Lipinski definition) is 3. The summed E-state index contributed by atoms with van der Waals surface area (Å²) in [5.74, 6) is -0.0633. The van der Waals surface area contributed by atoms with Gasteiger partial charge >= 0.3 is 5.97 Å². The fourth-order valence-corrected chi connectivity index (χ4v) is 2.96. The van der Waals surface area contributed by atoms with E-state index in [1.807, 2.05) is 0 Å². The van der Waals surface area contributed by atoms with Crippen molar-refractivity contribution in [2.75, 3.05) is 6.54 Å². The molecule has 0 aromatic carbocycles. The van der Waals surface area contributed by atoms with Crippen LogP contribution in [0.2, 0.25) is 0 Å². The van der Waals surface area contributed by atoms with Gasteiger partial charge in [0.2, 0.25) is 0 Å². The number of rotatable bonds is 2. The van der Waals surface area contributed by atoms with Gasteiger partial charge in [0.05, 0.1) is 17.7 Å². The summed E-state index contributed by atoms with van der Waals surface area (Å²) in [5.41, 5.74) is 0.882. The number of carboxylic acid groups (broad SMARTS) is 1. The first-order valence-corrected chi connectivity index (χ1v) is 6.29. The highest BCUT2D eigenvalue weighted by atomic mass is 16.4. The summed E-state index contributed by atoms with van der Waals surface area (Å²) in [6.07, 6.45) is 5.70. The number of fused-ring (bicyclic) bond motifs is 1. The Morgan fingerprint density at radius 1 is 1.47 bits per heavy atom. The molecule has 1 aromatic rings. The summed E-state index contributed by atoms with van der Waals surface area (Å²) in [6.45, 7) is 1.95. The maximum atomic E-state index is 11.2. The molecule has 3 rings (SSSR count). The van der Waals surface area contributed by atoms with Gasteiger partial charge in [-0.1, -0.05) is 0 Å². The lowest BCUT2D eigenvalue weighted by molar-refractivity contribution is -0.139. The fraction of sp³-hybridized carbons (Fsp3) is 0.667. The summed E-state index contributed by atoms with van der Waals surface area (Å²) >= 11 is 0. The zero-order valence-corrected chi connectivity index (χ0v) is 9.72. The van der Waals surface area contributed by atoms with Crippen LogP contribution in [0.25, 0.3) is 0 Å². The van der Waals surface area contributed by atoms with Crippen LogP contribution in [0.4, 0.5) is 0 Å². The molecule has 2 atom stereocenters. The SMILES string of the molecule is O=C(O)C1CCCn2c1cnc2C1CCCN1. The van der Waals surface area contributed by atoms with Crippen molar-refractivity contribution in [1.29, 1.82) is 0 Å². The third-order valence-electron chi connectivity index (χ3n) is 3.82. The third kappa shape index (κ3) is 1.74. The van der Waals surface area contributed by atoms with Crippen molar-refractivity contribution in [3.8, 4) is 0 Å². The molecule has 0 radical (unpaired) electrons. The van der Waals surface area contributed by atoms with Gasteiger partial charge in [-0.25, -0.2) is 4.98 Å². The number of carboxylic acids is 1. The number of aliphatic carboxylic acids is 1. The van der Waals surface area contributed by atoms with Gasteiger partial charge in [0.15, 0.2) is 0 Å². The average molecular weight is 235 g/mol. The Bertz CT molecular complexity index is 435. The highest BCUT2D eigenvalue weighted by Gasteiger charge is 2.31. The van der Waals surface area contributed by atoms with Crippen molar-refractivity contribution in [3.63, 3.8) is 0 Å². The van der Waals surface area contributed by atoms with E-state index in [0.717, 1.165) is 43.9 Å². The minimum Gasteiger partial charge on any atom is -0.481 e. The highest BCUT2D eigenvalue weighted by molar-refractivity contribution is 5.75. The van der Waals surface area contributed by atoms with Crippen LogP contribution in [0.15, 0.2) is 6.20 Å². The van der Waals surface area contributed by atoms with Gasteiger partial charge in [-0.3, -0.25) is 4.79 Å². The molecule has 0 amide bonds. The monoisotopic (exact) mass is 235 g/mol. The first-order chi connectivity index (χ1) is 8.27. The number of aromatic nitrogens is 2. The zero-order valence-electron chi connectivity index (χ0n) is 9.72. The molecule has 2 aliphatic heterocycles. The van der Waals surface area contributed by atoms with E-state index in [2.05, 4.69) is 14.9 Å². The molecule has 0 bridgehead atoms. The average Bonchev–Trinajstić information content (AvgIpc) is 2.96. The molecule has 3 heterocycles. The number of nitrogens with zero attached hydrogens (tertiary/aromatic N) is 2. The number of nitrogens with one attached hydrogen (secondary N) is 1. The Morgan fingerprint density at radius 2 is 2.35 bits per heavy atom. The van der Waals surface area contributed by atoms with Crippen molar-refractivity contribution in [3.05, 3.63) is 17.7 Å². The maximum absolute atomic E-state index is 11.2. The van der Waals surface area contributed by atoms with Crippen molar-refractivity contribution in [2.24, 2.45) is 0 Å². The number of hydrogen-bond donors (Lipinski definition) is 2. The van der Waals surface area contributed by atoms with Crippen LogP contribution in [-0.2, 0) is 11.3 Å². The van der Waals surface area contributed by atoms with Crippen molar-refractivity contribution >= 4 is 5.97 Å². The normalized spacial score (nSPS) is 28.0. The van der Waals surface area contributed by atoms with Crippen LogP contribution < -0.4 is 5.32 Å². The minimum absolute atomic E-state index is 0.316. The van der Waals surface area contributed by atoms with Gasteiger partial charge in [-0.05, 0) is 32.2 Å². The van der Waals surface area contributed by atoms with E-state index in [1.165, 1.54) is 6.42 Å². The predicted molar refractivity (Wildman–Crippen MR) is 61.8 cm³/mol. The van der Waals surface area contributed by atoms with E-state index >= 15 is 0 Å². The van der Waals surface area contributed by atoms with Crippen LogP contribution >= 0.6 is 0 Å². The van der Waals surface area contributed by atoms with E-state index in [1.54, 1.807) is 6.20 Å².